The third-order valence-corrected chi connectivity index (χ3v) is 6.74. The van der Waals surface area contributed by atoms with E-state index in [0.717, 1.165) is 25.7 Å². The van der Waals surface area contributed by atoms with Gasteiger partial charge in [0, 0.05) is 5.54 Å². The molecule has 2 aliphatic rings. The second kappa shape index (κ2) is 7.19. The fourth-order valence-electron chi connectivity index (χ4n) is 4.99. The Morgan fingerprint density at radius 1 is 1.00 bits per heavy atom. The van der Waals surface area contributed by atoms with Gasteiger partial charge in [-0.25, -0.2) is 4.79 Å². The molecule has 2 aromatic rings. The number of nitrogens with two attached hydrogens (primary N) is 1. The summed E-state index contributed by atoms with van der Waals surface area (Å²) >= 11 is 0. The maximum Gasteiger partial charge on any atom is 0.322 e. The molecule has 1 saturated heterocycles. The van der Waals surface area contributed by atoms with E-state index in [0.29, 0.717) is 17.8 Å². The number of para-hydroxylation sites is 1. The monoisotopic (exact) mass is 392 g/mol. The van der Waals surface area contributed by atoms with Gasteiger partial charge in [0.25, 0.3) is 5.91 Å². The SMILES string of the molecule is CN(C)C1(c2ccccc2)CCC2(CC1)CN(c1ccccc1C(N)=O)C(=O)N2. The molecule has 29 heavy (non-hydrogen) atoms. The van der Waals surface area contributed by atoms with Gasteiger partial charge in [-0.05, 0) is 57.5 Å². The summed E-state index contributed by atoms with van der Waals surface area (Å²) in [5, 5.41) is 3.23. The van der Waals surface area contributed by atoms with Gasteiger partial charge in [0.15, 0.2) is 0 Å². The van der Waals surface area contributed by atoms with E-state index in [2.05, 4.69) is 48.6 Å². The second-order valence-electron chi connectivity index (χ2n) is 8.47. The minimum Gasteiger partial charge on any atom is -0.366 e. The smallest absolute Gasteiger partial charge is 0.322 e. The van der Waals surface area contributed by atoms with E-state index >= 15 is 0 Å². The van der Waals surface area contributed by atoms with Gasteiger partial charge in [-0.2, -0.15) is 0 Å². The zero-order valence-electron chi connectivity index (χ0n) is 17.0. The van der Waals surface area contributed by atoms with Gasteiger partial charge in [-0.1, -0.05) is 42.5 Å². The molecule has 152 valence electrons. The molecule has 2 fully saturated rings. The van der Waals surface area contributed by atoms with E-state index < -0.39 is 5.91 Å². The van der Waals surface area contributed by atoms with E-state index in [1.807, 2.05) is 12.1 Å². The Hall–Kier alpha value is -2.86. The van der Waals surface area contributed by atoms with Crippen LogP contribution in [0.15, 0.2) is 54.6 Å². The van der Waals surface area contributed by atoms with Crippen LogP contribution in [0.25, 0.3) is 0 Å². The Bertz CT molecular complexity index is 917. The predicted molar refractivity (Wildman–Crippen MR) is 114 cm³/mol. The lowest BCUT2D eigenvalue weighted by Gasteiger charge is -2.48. The molecule has 1 spiro atoms. The Morgan fingerprint density at radius 2 is 1.62 bits per heavy atom. The second-order valence-corrected chi connectivity index (χ2v) is 8.47. The van der Waals surface area contributed by atoms with Crippen LogP contribution in [0.4, 0.5) is 10.5 Å². The first kappa shape index (κ1) is 19.5. The molecular formula is C23H28N4O2. The Balaban J connectivity index is 1.58. The highest BCUT2D eigenvalue weighted by Crippen LogP contribution is 2.46. The van der Waals surface area contributed by atoms with Crippen molar-refractivity contribution in [2.75, 3.05) is 25.5 Å². The summed E-state index contributed by atoms with van der Waals surface area (Å²) in [7, 11) is 4.27. The number of benzene rings is 2. The summed E-state index contributed by atoms with van der Waals surface area (Å²) in [4.78, 5) is 28.7. The molecule has 0 bridgehead atoms. The molecule has 0 atom stereocenters. The van der Waals surface area contributed by atoms with Crippen molar-refractivity contribution in [2.45, 2.75) is 36.8 Å². The lowest BCUT2D eigenvalue weighted by Crippen LogP contribution is -2.54. The number of anilines is 1. The van der Waals surface area contributed by atoms with Crippen molar-refractivity contribution in [3.8, 4) is 0 Å². The predicted octanol–water partition coefficient (Wildman–Crippen LogP) is 3.09. The van der Waals surface area contributed by atoms with E-state index in [9.17, 15) is 9.59 Å². The van der Waals surface area contributed by atoms with E-state index in [4.69, 9.17) is 5.73 Å². The minimum absolute atomic E-state index is 0.0320. The molecule has 1 aliphatic carbocycles. The molecule has 0 radical (unpaired) electrons. The van der Waals surface area contributed by atoms with Gasteiger partial charge < -0.3 is 11.1 Å². The summed E-state index contributed by atoms with van der Waals surface area (Å²) in [5.74, 6) is -0.520. The molecule has 3 amide bonds. The number of hydrogen-bond acceptors (Lipinski definition) is 3. The lowest BCUT2D eigenvalue weighted by molar-refractivity contribution is 0.0657. The fourth-order valence-corrected chi connectivity index (χ4v) is 4.99. The van der Waals surface area contributed by atoms with Crippen molar-refractivity contribution in [3.63, 3.8) is 0 Å². The van der Waals surface area contributed by atoms with Gasteiger partial charge >= 0.3 is 6.03 Å². The first-order chi connectivity index (χ1) is 13.9. The van der Waals surface area contributed by atoms with Crippen LogP contribution in [0.1, 0.15) is 41.6 Å². The molecule has 0 aromatic heterocycles. The van der Waals surface area contributed by atoms with Gasteiger partial charge in [-0.15, -0.1) is 0 Å². The number of primary amides is 1. The Labute approximate surface area is 171 Å². The van der Waals surface area contributed by atoms with Gasteiger partial charge in [0.1, 0.15) is 0 Å². The molecule has 0 unspecified atom stereocenters. The van der Waals surface area contributed by atoms with E-state index in [1.165, 1.54) is 5.56 Å². The summed E-state index contributed by atoms with van der Waals surface area (Å²) in [6.07, 6.45) is 3.66. The highest BCUT2D eigenvalue weighted by Gasteiger charge is 2.50. The van der Waals surface area contributed by atoms with Crippen molar-refractivity contribution in [1.29, 1.82) is 0 Å². The van der Waals surface area contributed by atoms with Crippen LogP contribution in [0.5, 0.6) is 0 Å². The number of rotatable bonds is 4. The van der Waals surface area contributed by atoms with Crippen molar-refractivity contribution >= 4 is 17.6 Å². The van der Waals surface area contributed by atoms with Gasteiger partial charge in [0.05, 0.1) is 23.3 Å². The maximum absolute atomic E-state index is 12.8. The molecule has 3 N–H and O–H groups in total. The molecule has 6 nitrogen and oxygen atoms in total. The number of carbonyl (C=O) groups excluding carboxylic acids is 2. The van der Waals surface area contributed by atoms with Crippen LogP contribution in [-0.2, 0) is 5.54 Å². The molecule has 6 heteroatoms. The maximum atomic E-state index is 12.8. The number of amides is 3. The van der Waals surface area contributed by atoms with Crippen LogP contribution in [-0.4, -0.2) is 43.0 Å². The highest BCUT2D eigenvalue weighted by molar-refractivity contribution is 6.04. The zero-order valence-corrected chi connectivity index (χ0v) is 17.0. The van der Waals surface area contributed by atoms with Crippen LogP contribution >= 0.6 is 0 Å². The number of urea groups is 1. The topological polar surface area (TPSA) is 78.7 Å². The van der Waals surface area contributed by atoms with Crippen molar-refractivity contribution < 1.29 is 9.59 Å². The third kappa shape index (κ3) is 3.27. The standard InChI is InChI=1S/C23H28N4O2/c1-26(2)23(17-8-4-3-5-9-17)14-12-22(13-15-23)16-27(21(29)25-22)19-11-7-6-10-18(19)20(24)28/h3-11H,12-16H2,1-2H3,(H2,24,28)(H,25,29). The first-order valence-corrected chi connectivity index (χ1v) is 10.1. The average Bonchev–Trinajstić information content (AvgIpc) is 3.05. The van der Waals surface area contributed by atoms with E-state index in [-0.39, 0.29) is 17.1 Å². The molecule has 1 aliphatic heterocycles. The van der Waals surface area contributed by atoms with Crippen LogP contribution in [0.3, 0.4) is 0 Å². The van der Waals surface area contributed by atoms with E-state index in [1.54, 1.807) is 23.1 Å². The first-order valence-electron chi connectivity index (χ1n) is 10.1. The molecule has 4 rings (SSSR count). The minimum atomic E-state index is -0.520. The molecular weight excluding hydrogens is 364 g/mol. The summed E-state index contributed by atoms with van der Waals surface area (Å²) in [5.41, 5.74) is 7.50. The average molecular weight is 393 g/mol. The number of carbonyl (C=O) groups is 2. The van der Waals surface area contributed by atoms with Gasteiger partial charge in [-0.3, -0.25) is 14.6 Å². The third-order valence-electron chi connectivity index (χ3n) is 6.74. The largest absolute Gasteiger partial charge is 0.366 e. The number of hydrogen-bond donors (Lipinski definition) is 2. The van der Waals surface area contributed by atoms with Crippen molar-refractivity contribution in [1.82, 2.24) is 10.2 Å². The molecule has 2 aromatic carbocycles. The fraction of sp³-hybridized carbons (Fsp3) is 0.391. The quantitative estimate of drug-likeness (QED) is 0.839. The van der Waals surface area contributed by atoms with Crippen LogP contribution < -0.4 is 16.0 Å². The Kier molecular flexibility index (Phi) is 4.82. The molecule has 1 saturated carbocycles. The summed E-state index contributed by atoms with van der Waals surface area (Å²) in [6, 6.07) is 17.5. The summed E-state index contributed by atoms with van der Waals surface area (Å²) in [6.45, 7) is 0.550. The highest BCUT2D eigenvalue weighted by atomic mass is 16.2. The number of nitrogens with one attached hydrogen (secondary N) is 1. The Morgan fingerprint density at radius 3 is 2.24 bits per heavy atom. The van der Waals surface area contributed by atoms with Crippen molar-refractivity contribution in [2.24, 2.45) is 5.73 Å². The lowest BCUT2D eigenvalue weighted by atomic mass is 9.69. The van der Waals surface area contributed by atoms with Gasteiger partial charge in [0.2, 0.25) is 0 Å². The number of nitrogens with zero attached hydrogens (tertiary/aromatic N) is 2. The van der Waals surface area contributed by atoms with Crippen LogP contribution in [0.2, 0.25) is 0 Å². The zero-order chi connectivity index (χ0) is 20.6. The molecule has 1 heterocycles. The normalized spacial score (nSPS) is 26.7. The van der Waals surface area contributed by atoms with Crippen LogP contribution in [0, 0.1) is 0 Å². The van der Waals surface area contributed by atoms with Crippen molar-refractivity contribution in [3.05, 3.63) is 65.7 Å². The summed E-state index contributed by atoms with van der Waals surface area (Å²) < 4.78 is 0.